The fourth-order valence-corrected chi connectivity index (χ4v) is 4.49. The van der Waals surface area contributed by atoms with Crippen LogP contribution in [0.15, 0.2) is 55.0 Å². The van der Waals surface area contributed by atoms with E-state index >= 15 is 0 Å². The van der Waals surface area contributed by atoms with Crippen molar-refractivity contribution < 1.29 is 18.0 Å². The molecule has 0 atom stereocenters. The third-order valence-electron chi connectivity index (χ3n) is 6.07. The molecular weight excluding hydrogens is 473 g/mol. The summed E-state index contributed by atoms with van der Waals surface area (Å²) in [5, 5.41) is 14.7. The molecule has 0 aliphatic carbocycles. The monoisotopic (exact) mass is 492 g/mol. The molecular formula is C24H19F3N8O. The number of nitrogens with zero attached hydrogens (tertiary/aromatic N) is 7. The van der Waals surface area contributed by atoms with Crippen molar-refractivity contribution in [1.82, 2.24) is 29.6 Å². The van der Waals surface area contributed by atoms with Gasteiger partial charge in [-0.3, -0.25) is 24.3 Å². The number of alkyl halides is 3. The van der Waals surface area contributed by atoms with Crippen molar-refractivity contribution in [1.29, 1.82) is 5.26 Å². The summed E-state index contributed by atoms with van der Waals surface area (Å²) < 4.78 is 40.0. The number of hydrogen-bond donors (Lipinski definition) is 1. The van der Waals surface area contributed by atoms with Crippen molar-refractivity contribution in [3.8, 4) is 28.7 Å². The van der Waals surface area contributed by atoms with Crippen molar-refractivity contribution in [3.05, 3.63) is 60.7 Å². The molecule has 4 aromatic rings. The van der Waals surface area contributed by atoms with E-state index in [1.54, 1.807) is 41.3 Å². The number of amides is 1. The first kappa shape index (κ1) is 23.4. The molecule has 36 heavy (non-hydrogen) atoms. The molecule has 1 fully saturated rings. The second kappa shape index (κ2) is 8.69. The number of rotatable bonds is 6. The van der Waals surface area contributed by atoms with Gasteiger partial charge < -0.3 is 5.73 Å². The Morgan fingerprint density at radius 3 is 2.67 bits per heavy atom. The first-order chi connectivity index (χ1) is 17.2. The van der Waals surface area contributed by atoms with E-state index in [1.165, 1.54) is 17.2 Å². The lowest BCUT2D eigenvalue weighted by molar-refractivity contribution is -0.167. The average molecular weight is 492 g/mol. The highest BCUT2D eigenvalue weighted by Crippen LogP contribution is 2.36. The van der Waals surface area contributed by atoms with Crippen LogP contribution in [0.25, 0.3) is 33.5 Å². The molecule has 0 unspecified atom stereocenters. The van der Waals surface area contributed by atoms with Gasteiger partial charge in [-0.2, -0.15) is 23.5 Å². The Hall–Kier alpha value is -4.37. The number of pyridine rings is 3. The van der Waals surface area contributed by atoms with Crippen LogP contribution in [0.2, 0.25) is 0 Å². The van der Waals surface area contributed by atoms with Crippen LogP contribution in [0.1, 0.15) is 16.9 Å². The Morgan fingerprint density at radius 2 is 1.94 bits per heavy atom. The number of likely N-dealkylation sites (tertiary alicyclic amines) is 1. The molecule has 1 amide bonds. The Labute approximate surface area is 203 Å². The van der Waals surface area contributed by atoms with Crippen molar-refractivity contribution >= 4 is 16.8 Å². The normalized spacial score (nSPS) is 15.4. The predicted octanol–water partition coefficient (Wildman–Crippen LogP) is 3.14. The minimum atomic E-state index is -4.31. The van der Waals surface area contributed by atoms with Crippen LogP contribution in [0.3, 0.4) is 0 Å². The summed E-state index contributed by atoms with van der Waals surface area (Å²) in [6, 6.07) is 12.4. The summed E-state index contributed by atoms with van der Waals surface area (Å²) >= 11 is 0. The molecule has 182 valence electrons. The van der Waals surface area contributed by atoms with E-state index in [0.29, 0.717) is 28.2 Å². The number of nitrogens with two attached hydrogens (primary N) is 1. The van der Waals surface area contributed by atoms with Gasteiger partial charge in [-0.05, 0) is 36.4 Å². The average Bonchev–Trinajstić information content (AvgIpc) is 3.31. The highest BCUT2D eigenvalue weighted by atomic mass is 19.4. The number of halogens is 3. The summed E-state index contributed by atoms with van der Waals surface area (Å²) in [5.74, 6) is -0.669. The lowest BCUT2D eigenvalue weighted by Crippen LogP contribution is -2.64. The topological polar surface area (TPSA) is 127 Å². The highest BCUT2D eigenvalue weighted by Gasteiger charge is 2.48. The number of fused-ring (bicyclic) bond motifs is 1. The van der Waals surface area contributed by atoms with Gasteiger partial charge in [-0.15, -0.1) is 0 Å². The van der Waals surface area contributed by atoms with E-state index < -0.39 is 24.2 Å². The Morgan fingerprint density at radius 1 is 1.14 bits per heavy atom. The van der Waals surface area contributed by atoms with E-state index in [1.807, 2.05) is 6.07 Å². The van der Waals surface area contributed by atoms with Crippen LogP contribution in [0, 0.1) is 11.3 Å². The maximum Gasteiger partial charge on any atom is 0.401 e. The van der Waals surface area contributed by atoms with Crippen molar-refractivity contribution in [2.45, 2.75) is 18.1 Å². The second-order valence-electron chi connectivity index (χ2n) is 8.69. The molecule has 0 spiro atoms. The van der Waals surface area contributed by atoms with Gasteiger partial charge in [0.25, 0.3) is 5.91 Å². The number of primary amides is 1. The summed E-state index contributed by atoms with van der Waals surface area (Å²) in [6.07, 6.45) is 0.465. The Kier molecular flexibility index (Phi) is 5.64. The maximum absolute atomic E-state index is 12.8. The zero-order chi connectivity index (χ0) is 25.5. The van der Waals surface area contributed by atoms with E-state index in [9.17, 15) is 23.2 Å². The number of hydrogen-bond acceptors (Lipinski definition) is 7. The van der Waals surface area contributed by atoms with E-state index in [2.05, 4.69) is 21.1 Å². The molecule has 0 aromatic carbocycles. The fourth-order valence-electron chi connectivity index (χ4n) is 4.49. The van der Waals surface area contributed by atoms with Crippen molar-refractivity contribution in [2.24, 2.45) is 5.73 Å². The summed E-state index contributed by atoms with van der Waals surface area (Å²) in [4.78, 5) is 26.0. The second-order valence-corrected chi connectivity index (χ2v) is 8.69. The van der Waals surface area contributed by atoms with E-state index in [4.69, 9.17) is 10.7 Å². The largest absolute Gasteiger partial charge is 0.401 e. The standard InChI is InChI=1S/C24H19F3N8O/c25-24(26,27)14-34-12-23(13-34,5-6-28)35-9-4-17(33-35)21-16-2-1-7-30-19(16)11-18(32-21)15-3-8-31-20(10-15)22(29)36/h1-4,7-11H,5,12-14H2,(H2,29,36). The lowest BCUT2D eigenvalue weighted by atomic mass is 9.87. The van der Waals surface area contributed by atoms with Crippen molar-refractivity contribution in [2.75, 3.05) is 19.6 Å². The van der Waals surface area contributed by atoms with E-state index in [-0.39, 0.29) is 25.2 Å². The smallest absolute Gasteiger partial charge is 0.364 e. The molecule has 5 rings (SSSR count). The maximum atomic E-state index is 12.8. The molecule has 4 aromatic heterocycles. The third kappa shape index (κ3) is 4.36. The third-order valence-corrected chi connectivity index (χ3v) is 6.07. The summed E-state index contributed by atoms with van der Waals surface area (Å²) in [5.41, 5.74) is 7.34. The Bertz CT molecular complexity index is 1500. The number of carbonyl (C=O) groups is 1. The zero-order valence-corrected chi connectivity index (χ0v) is 18.8. The van der Waals surface area contributed by atoms with E-state index in [0.717, 1.165) is 5.39 Å². The zero-order valence-electron chi connectivity index (χ0n) is 18.8. The first-order valence-electron chi connectivity index (χ1n) is 10.9. The lowest BCUT2D eigenvalue weighted by Gasteiger charge is -2.49. The summed E-state index contributed by atoms with van der Waals surface area (Å²) in [6.45, 7) is -0.915. The highest BCUT2D eigenvalue weighted by molar-refractivity contribution is 5.95. The molecule has 5 heterocycles. The van der Waals surface area contributed by atoms with Crippen LogP contribution < -0.4 is 5.73 Å². The van der Waals surface area contributed by atoms with Gasteiger partial charge >= 0.3 is 6.18 Å². The molecule has 12 heteroatoms. The van der Waals surface area contributed by atoms with Crippen LogP contribution >= 0.6 is 0 Å². The van der Waals surface area contributed by atoms with Gasteiger partial charge in [0.15, 0.2) is 0 Å². The van der Waals surface area contributed by atoms with Gasteiger partial charge in [0.05, 0.1) is 30.2 Å². The fraction of sp³-hybridized carbons (Fsp3) is 0.250. The molecule has 0 radical (unpaired) electrons. The number of aromatic nitrogens is 5. The SMILES string of the molecule is N#CCC1(n2ccc(-c3nc(-c4ccnc(C(N)=O)c4)cc4ncccc34)n2)CN(CC(F)(F)F)C1. The predicted molar refractivity (Wildman–Crippen MR) is 123 cm³/mol. The molecule has 2 N–H and O–H groups in total. The molecule has 0 bridgehead atoms. The van der Waals surface area contributed by atoms with Gasteiger partial charge in [0.2, 0.25) is 0 Å². The van der Waals surface area contributed by atoms with Crippen molar-refractivity contribution in [3.63, 3.8) is 0 Å². The van der Waals surface area contributed by atoms with Crippen LogP contribution in [-0.2, 0) is 5.54 Å². The van der Waals surface area contributed by atoms with Crippen LogP contribution in [0.5, 0.6) is 0 Å². The quantitative estimate of drug-likeness (QED) is 0.438. The molecule has 1 aliphatic rings. The number of carbonyl (C=O) groups excluding carboxylic acids is 1. The Balaban J connectivity index is 1.55. The minimum absolute atomic E-state index is 0.0190. The molecule has 1 aliphatic heterocycles. The van der Waals surface area contributed by atoms with Gasteiger partial charge in [-0.25, -0.2) is 4.98 Å². The van der Waals surface area contributed by atoms with Gasteiger partial charge in [0, 0.05) is 42.6 Å². The minimum Gasteiger partial charge on any atom is -0.364 e. The molecule has 9 nitrogen and oxygen atoms in total. The van der Waals surface area contributed by atoms with Gasteiger partial charge in [0.1, 0.15) is 22.6 Å². The van der Waals surface area contributed by atoms with Crippen LogP contribution in [0.4, 0.5) is 13.2 Å². The van der Waals surface area contributed by atoms with Gasteiger partial charge in [-0.1, -0.05) is 0 Å². The molecule has 0 saturated carbocycles. The van der Waals surface area contributed by atoms with Crippen LogP contribution in [-0.4, -0.2) is 61.4 Å². The number of nitriles is 1. The summed E-state index contributed by atoms with van der Waals surface area (Å²) in [7, 11) is 0. The molecule has 1 saturated heterocycles. The first-order valence-corrected chi connectivity index (χ1v) is 10.9.